The Morgan fingerprint density at radius 3 is 2.55 bits per heavy atom. The standard InChI is InChI=1S/C25H20ClN3O3S/c1-16-4-10-19(11-5-16)29-24(31)22(13-17-6-8-18(26)9-7-17)33-25(29)21(14-27)23(30)28-15-20-3-2-12-32-20/h2-12,22H,13,15H2,1H3,(H,28,30). The van der Waals surface area contributed by atoms with Crippen molar-refractivity contribution in [2.75, 3.05) is 4.90 Å². The smallest absolute Gasteiger partial charge is 0.265 e. The van der Waals surface area contributed by atoms with Gasteiger partial charge in [-0.1, -0.05) is 53.2 Å². The molecule has 0 radical (unpaired) electrons. The Labute approximate surface area is 200 Å². The van der Waals surface area contributed by atoms with Gasteiger partial charge < -0.3 is 9.73 Å². The fourth-order valence-corrected chi connectivity index (χ4v) is 4.85. The molecule has 1 saturated heterocycles. The number of carbonyl (C=O) groups excluding carboxylic acids is 2. The highest BCUT2D eigenvalue weighted by Crippen LogP contribution is 2.42. The maximum absolute atomic E-state index is 13.4. The maximum Gasteiger partial charge on any atom is 0.265 e. The van der Waals surface area contributed by atoms with Crippen LogP contribution in [0.5, 0.6) is 0 Å². The van der Waals surface area contributed by atoms with Crippen molar-refractivity contribution in [1.29, 1.82) is 5.26 Å². The van der Waals surface area contributed by atoms with E-state index in [4.69, 9.17) is 16.0 Å². The zero-order chi connectivity index (χ0) is 23.4. The highest BCUT2D eigenvalue weighted by atomic mass is 35.5. The van der Waals surface area contributed by atoms with Gasteiger partial charge in [-0.2, -0.15) is 5.26 Å². The van der Waals surface area contributed by atoms with E-state index < -0.39 is 11.2 Å². The number of furan rings is 1. The first-order valence-electron chi connectivity index (χ1n) is 10.2. The number of hydrogen-bond donors (Lipinski definition) is 1. The average Bonchev–Trinajstić information content (AvgIpc) is 3.44. The molecule has 1 N–H and O–H groups in total. The van der Waals surface area contributed by atoms with Crippen LogP contribution in [-0.2, 0) is 22.6 Å². The predicted molar refractivity (Wildman–Crippen MR) is 128 cm³/mol. The van der Waals surface area contributed by atoms with Crippen LogP contribution >= 0.6 is 23.4 Å². The summed E-state index contributed by atoms with van der Waals surface area (Å²) in [5, 5.41) is 13.0. The molecule has 0 spiro atoms. The minimum Gasteiger partial charge on any atom is -0.467 e. The first-order chi connectivity index (χ1) is 16.0. The lowest BCUT2D eigenvalue weighted by atomic mass is 10.1. The van der Waals surface area contributed by atoms with Crippen LogP contribution in [0, 0.1) is 18.3 Å². The van der Waals surface area contributed by atoms with Gasteiger partial charge in [-0.15, -0.1) is 0 Å². The van der Waals surface area contributed by atoms with Gasteiger partial charge in [-0.3, -0.25) is 14.5 Å². The van der Waals surface area contributed by atoms with E-state index in [-0.39, 0.29) is 18.0 Å². The van der Waals surface area contributed by atoms with Gasteiger partial charge in [-0.05, 0) is 55.3 Å². The molecule has 1 atom stereocenters. The van der Waals surface area contributed by atoms with Crippen molar-refractivity contribution in [2.45, 2.75) is 25.1 Å². The molecular weight excluding hydrogens is 458 g/mol. The lowest BCUT2D eigenvalue weighted by molar-refractivity contribution is -0.117. The monoisotopic (exact) mass is 477 g/mol. The van der Waals surface area contributed by atoms with Gasteiger partial charge in [0.15, 0.2) is 0 Å². The van der Waals surface area contributed by atoms with E-state index in [0.29, 0.717) is 27.9 Å². The molecule has 1 unspecified atom stereocenters. The van der Waals surface area contributed by atoms with Crippen LogP contribution in [0.2, 0.25) is 5.02 Å². The van der Waals surface area contributed by atoms with Gasteiger partial charge in [0, 0.05) is 10.7 Å². The highest BCUT2D eigenvalue weighted by Gasteiger charge is 2.40. The number of nitrogens with one attached hydrogen (secondary N) is 1. The Morgan fingerprint density at radius 2 is 1.91 bits per heavy atom. The van der Waals surface area contributed by atoms with Crippen molar-refractivity contribution in [3.63, 3.8) is 0 Å². The molecule has 166 valence electrons. The second-order valence-electron chi connectivity index (χ2n) is 7.50. The molecule has 2 amide bonds. The lowest BCUT2D eigenvalue weighted by Crippen LogP contribution is -2.32. The Balaban J connectivity index is 1.67. The molecule has 1 aromatic heterocycles. The summed E-state index contributed by atoms with van der Waals surface area (Å²) in [6.07, 6.45) is 1.95. The molecule has 4 rings (SSSR count). The van der Waals surface area contributed by atoms with Crippen LogP contribution in [0.4, 0.5) is 5.69 Å². The highest BCUT2D eigenvalue weighted by molar-refractivity contribution is 8.05. The van der Waals surface area contributed by atoms with Gasteiger partial charge in [-0.25, -0.2) is 0 Å². The number of nitriles is 1. The summed E-state index contributed by atoms with van der Waals surface area (Å²) < 4.78 is 5.24. The molecule has 0 saturated carbocycles. The molecule has 3 aromatic rings. The van der Waals surface area contributed by atoms with Crippen molar-refractivity contribution in [3.05, 3.63) is 99.4 Å². The fraction of sp³-hybridized carbons (Fsp3) is 0.160. The van der Waals surface area contributed by atoms with Gasteiger partial charge in [0.1, 0.15) is 22.4 Å². The van der Waals surface area contributed by atoms with Gasteiger partial charge in [0.05, 0.1) is 18.1 Å². The van der Waals surface area contributed by atoms with E-state index in [1.807, 2.05) is 49.4 Å². The van der Waals surface area contributed by atoms with Crippen molar-refractivity contribution >= 4 is 40.9 Å². The summed E-state index contributed by atoms with van der Waals surface area (Å²) in [7, 11) is 0. The minimum atomic E-state index is -0.562. The van der Waals surface area contributed by atoms with Crippen molar-refractivity contribution in [2.24, 2.45) is 0 Å². The summed E-state index contributed by atoms with van der Waals surface area (Å²) in [6.45, 7) is 2.09. The molecule has 2 heterocycles. The third-order valence-electron chi connectivity index (χ3n) is 5.14. The van der Waals surface area contributed by atoms with Crippen molar-refractivity contribution in [3.8, 4) is 6.07 Å². The molecule has 1 fully saturated rings. The zero-order valence-corrected chi connectivity index (χ0v) is 19.3. The summed E-state index contributed by atoms with van der Waals surface area (Å²) in [5.74, 6) is -0.175. The van der Waals surface area contributed by atoms with Crippen LogP contribution in [-0.4, -0.2) is 17.1 Å². The first-order valence-corrected chi connectivity index (χ1v) is 11.5. The number of hydrogen-bond acceptors (Lipinski definition) is 5. The summed E-state index contributed by atoms with van der Waals surface area (Å²) in [5.41, 5.74) is 2.48. The van der Waals surface area contributed by atoms with Crippen molar-refractivity contribution < 1.29 is 14.0 Å². The number of nitrogens with zero attached hydrogens (tertiary/aromatic N) is 2. The molecule has 6 nitrogen and oxygen atoms in total. The minimum absolute atomic E-state index is 0.112. The van der Waals surface area contributed by atoms with E-state index in [2.05, 4.69) is 5.32 Å². The lowest BCUT2D eigenvalue weighted by Gasteiger charge is -2.19. The number of halogens is 1. The number of anilines is 1. The van der Waals surface area contributed by atoms with Gasteiger partial charge >= 0.3 is 0 Å². The summed E-state index contributed by atoms with van der Waals surface area (Å²) >= 11 is 7.21. The zero-order valence-electron chi connectivity index (χ0n) is 17.7. The Bertz CT molecular complexity index is 1230. The number of rotatable bonds is 6. The molecule has 1 aliphatic heterocycles. The molecule has 0 bridgehead atoms. The summed E-state index contributed by atoms with van der Waals surface area (Å²) in [6, 6.07) is 20.2. The quantitative estimate of drug-likeness (QED) is 0.399. The number of amides is 2. The Morgan fingerprint density at radius 1 is 1.18 bits per heavy atom. The Hall–Kier alpha value is -3.47. The second-order valence-corrected chi connectivity index (χ2v) is 9.13. The van der Waals surface area contributed by atoms with Gasteiger partial charge in [0.25, 0.3) is 5.91 Å². The normalized spacial score (nSPS) is 17.1. The third kappa shape index (κ3) is 5.14. The molecule has 1 aliphatic rings. The largest absolute Gasteiger partial charge is 0.467 e. The average molecular weight is 478 g/mol. The number of carbonyl (C=O) groups is 2. The fourth-order valence-electron chi connectivity index (χ4n) is 3.42. The first kappa shape index (κ1) is 22.7. The maximum atomic E-state index is 13.4. The van der Waals surface area contributed by atoms with Crippen LogP contribution in [0.15, 0.2) is 81.9 Å². The van der Waals surface area contributed by atoms with E-state index in [1.54, 1.807) is 24.3 Å². The molecular formula is C25H20ClN3O3S. The Kier molecular flexibility index (Phi) is 6.87. The topological polar surface area (TPSA) is 86.3 Å². The summed E-state index contributed by atoms with van der Waals surface area (Å²) in [4.78, 5) is 27.8. The van der Waals surface area contributed by atoms with Crippen LogP contribution < -0.4 is 10.2 Å². The SMILES string of the molecule is Cc1ccc(N2C(=O)C(Cc3ccc(Cl)cc3)SC2=C(C#N)C(=O)NCc2ccco2)cc1. The number of aryl methyl sites for hydroxylation is 1. The van der Waals surface area contributed by atoms with Crippen molar-refractivity contribution in [1.82, 2.24) is 5.32 Å². The number of thioether (sulfide) groups is 1. The van der Waals surface area contributed by atoms with Crippen LogP contribution in [0.3, 0.4) is 0 Å². The number of benzene rings is 2. The molecule has 8 heteroatoms. The molecule has 0 aliphatic carbocycles. The van der Waals surface area contributed by atoms with E-state index in [0.717, 1.165) is 11.1 Å². The molecule has 2 aromatic carbocycles. The third-order valence-corrected chi connectivity index (χ3v) is 6.65. The van der Waals surface area contributed by atoms with E-state index in [9.17, 15) is 14.9 Å². The predicted octanol–water partition coefficient (Wildman–Crippen LogP) is 4.98. The van der Waals surface area contributed by atoms with Crippen LogP contribution in [0.1, 0.15) is 16.9 Å². The van der Waals surface area contributed by atoms with E-state index >= 15 is 0 Å². The van der Waals surface area contributed by atoms with Crippen LogP contribution in [0.25, 0.3) is 0 Å². The second kappa shape index (κ2) is 9.99. The van der Waals surface area contributed by atoms with Gasteiger partial charge in [0.2, 0.25) is 5.91 Å². The molecule has 33 heavy (non-hydrogen) atoms. The van der Waals surface area contributed by atoms with E-state index in [1.165, 1.54) is 22.9 Å².